The van der Waals surface area contributed by atoms with Crippen LogP contribution in [0.15, 0.2) is 52.9 Å². The largest absolute Gasteiger partial charge is 0.435 e. The number of carbonyl (C=O) groups is 1. The van der Waals surface area contributed by atoms with Crippen molar-refractivity contribution in [2.75, 3.05) is 27.2 Å². The van der Waals surface area contributed by atoms with Crippen molar-refractivity contribution in [1.29, 1.82) is 0 Å². The number of hydrogen-bond acceptors (Lipinski definition) is 4. The molecule has 0 fully saturated rings. The highest BCUT2D eigenvalue weighted by Gasteiger charge is 2.22. The zero-order chi connectivity index (χ0) is 19.4. The van der Waals surface area contributed by atoms with Crippen molar-refractivity contribution in [2.45, 2.75) is 0 Å². The van der Waals surface area contributed by atoms with Gasteiger partial charge in [-0.05, 0) is 32.3 Å². The number of nitrogens with zero attached hydrogens (tertiary/aromatic N) is 2. The highest BCUT2D eigenvalue weighted by molar-refractivity contribution is 5.98. The summed E-state index contributed by atoms with van der Waals surface area (Å²) in [6.45, 7) is 1.10. The number of benzene rings is 2. The Kier molecular flexibility index (Phi) is 5.61. The lowest BCUT2D eigenvalue weighted by atomic mass is 10.1. The van der Waals surface area contributed by atoms with Gasteiger partial charge in [0.2, 0.25) is 5.89 Å². The second-order valence-electron chi connectivity index (χ2n) is 6.25. The molecule has 0 saturated heterocycles. The quantitative estimate of drug-likeness (QED) is 0.720. The zero-order valence-electron chi connectivity index (χ0n) is 15.0. The molecule has 1 aromatic heterocycles. The minimum atomic E-state index is -1.01. The molecule has 0 atom stereocenters. The lowest BCUT2D eigenvalue weighted by Gasteiger charge is -2.09. The highest BCUT2D eigenvalue weighted by Crippen LogP contribution is 2.30. The predicted octanol–water partition coefficient (Wildman–Crippen LogP) is 3.58. The zero-order valence-corrected chi connectivity index (χ0v) is 15.0. The van der Waals surface area contributed by atoms with Crippen LogP contribution < -0.4 is 5.32 Å². The number of amides is 1. The van der Waals surface area contributed by atoms with Crippen LogP contribution in [0.4, 0.5) is 8.78 Å². The van der Waals surface area contributed by atoms with Gasteiger partial charge in [0.05, 0.1) is 0 Å². The summed E-state index contributed by atoms with van der Waals surface area (Å²) in [5.74, 6) is -2.05. The monoisotopic (exact) mass is 371 g/mol. The average molecular weight is 371 g/mol. The number of rotatable bonds is 6. The van der Waals surface area contributed by atoms with E-state index in [1.54, 1.807) is 12.1 Å². The molecule has 0 aliphatic carbocycles. The van der Waals surface area contributed by atoms with Crippen molar-refractivity contribution >= 4 is 5.91 Å². The molecule has 140 valence electrons. The van der Waals surface area contributed by atoms with Crippen LogP contribution in [0.5, 0.6) is 0 Å². The lowest BCUT2D eigenvalue weighted by Crippen LogP contribution is -2.31. The van der Waals surface area contributed by atoms with Crippen LogP contribution in [0.2, 0.25) is 0 Å². The van der Waals surface area contributed by atoms with Crippen molar-refractivity contribution in [3.8, 4) is 22.8 Å². The molecule has 7 heteroatoms. The molecule has 0 aliphatic rings. The molecule has 0 bridgehead atoms. The number of hydrogen-bond donors (Lipinski definition) is 1. The van der Waals surface area contributed by atoms with Crippen LogP contribution >= 0.6 is 0 Å². The molecule has 1 heterocycles. The molecule has 3 rings (SSSR count). The van der Waals surface area contributed by atoms with E-state index in [0.717, 1.165) is 12.1 Å². The van der Waals surface area contributed by atoms with Gasteiger partial charge < -0.3 is 14.6 Å². The fourth-order valence-electron chi connectivity index (χ4n) is 2.49. The maximum Gasteiger partial charge on any atom is 0.273 e. The molecule has 0 radical (unpaired) electrons. The van der Waals surface area contributed by atoms with Gasteiger partial charge in [-0.15, -0.1) is 0 Å². The normalized spacial score (nSPS) is 11.0. The maximum atomic E-state index is 13.6. The van der Waals surface area contributed by atoms with Crippen molar-refractivity contribution in [3.05, 3.63) is 65.9 Å². The number of likely N-dealkylation sites (N-methyl/N-ethyl adjacent to an activating group) is 1. The number of aromatic nitrogens is 1. The third-order valence-electron chi connectivity index (χ3n) is 3.89. The van der Waals surface area contributed by atoms with Crippen LogP contribution in [-0.2, 0) is 0 Å². The number of oxazole rings is 1. The lowest BCUT2D eigenvalue weighted by molar-refractivity contribution is 0.0947. The van der Waals surface area contributed by atoms with Gasteiger partial charge in [-0.2, -0.15) is 0 Å². The van der Waals surface area contributed by atoms with Gasteiger partial charge >= 0.3 is 0 Å². The Bertz CT molecular complexity index is 940. The van der Waals surface area contributed by atoms with E-state index >= 15 is 0 Å². The summed E-state index contributed by atoms with van der Waals surface area (Å²) in [6.07, 6.45) is 0. The molecular weight excluding hydrogens is 352 g/mol. The van der Waals surface area contributed by atoms with Gasteiger partial charge in [0.25, 0.3) is 5.91 Å². The Morgan fingerprint density at radius 1 is 1.07 bits per heavy atom. The third kappa shape index (κ3) is 4.38. The summed E-state index contributed by atoms with van der Waals surface area (Å²) < 4.78 is 32.5. The minimum absolute atomic E-state index is 0.0468. The molecule has 2 aromatic carbocycles. The Morgan fingerprint density at radius 3 is 2.48 bits per heavy atom. The highest BCUT2D eigenvalue weighted by atomic mass is 19.2. The third-order valence-corrected chi connectivity index (χ3v) is 3.89. The fourth-order valence-corrected chi connectivity index (χ4v) is 2.49. The molecule has 0 spiro atoms. The first-order valence-electron chi connectivity index (χ1n) is 8.40. The summed E-state index contributed by atoms with van der Waals surface area (Å²) in [5, 5.41) is 2.79. The summed E-state index contributed by atoms with van der Waals surface area (Å²) in [5.41, 5.74) is 1.01. The van der Waals surface area contributed by atoms with E-state index in [2.05, 4.69) is 10.3 Å². The molecule has 5 nitrogen and oxygen atoms in total. The molecular formula is C20H19F2N3O2. The Hall–Kier alpha value is -3.06. The molecule has 1 N–H and O–H groups in total. The van der Waals surface area contributed by atoms with Crippen LogP contribution in [0.3, 0.4) is 0 Å². The van der Waals surface area contributed by atoms with Gasteiger partial charge in [-0.3, -0.25) is 4.79 Å². The topological polar surface area (TPSA) is 58.4 Å². The van der Waals surface area contributed by atoms with E-state index in [1.807, 2.05) is 37.2 Å². The summed E-state index contributed by atoms with van der Waals surface area (Å²) in [7, 11) is 3.80. The number of carbonyl (C=O) groups excluding carboxylic acids is 1. The van der Waals surface area contributed by atoms with Crippen LogP contribution in [-0.4, -0.2) is 43.0 Å². The Morgan fingerprint density at radius 2 is 1.81 bits per heavy atom. The molecule has 0 saturated carbocycles. The Labute approximate surface area is 155 Å². The summed E-state index contributed by atoms with van der Waals surface area (Å²) in [6, 6.07) is 12.4. The number of halogens is 2. The first kappa shape index (κ1) is 18.7. The molecule has 1 amide bonds. The molecule has 27 heavy (non-hydrogen) atoms. The van der Waals surface area contributed by atoms with Crippen molar-refractivity contribution in [1.82, 2.24) is 15.2 Å². The van der Waals surface area contributed by atoms with Gasteiger partial charge in [-0.25, -0.2) is 13.8 Å². The van der Waals surface area contributed by atoms with Gasteiger partial charge in [0.15, 0.2) is 23.1 Å². The van der Waals surface area contributed by atoms with E-state index in [-0.39, 0.29) is 22.9 Å². The standard InChI is InChI=1S/C20H19F2N3O2/c1-25(2)11-10-23-19(26)17-18(13-6-4-3-5-7-13)27-20(24-17)14-8-9-15(21)16(22)12-14/h3-9,12H,10-11H2,1-2H3,(H,23,26). The molecule has 3 aromatic rings. The average Bonchev–Trinajstić information content (AvgIpc) is 3.10. The second kappa shape index (κ2) is 8.09. The van der Waals surface area contributed by atoms with Crippen molar-refractivity contribution in [3.63, 3.8) is 0 Å². The van der Waals surface area contributed by atoms with E-state index in [9.17, 15) is 13.6 Å². The van der Waals surface area contributed by atoms with Crippen LogP contribution in [0, 0.1) is 11.6 Å². The van der Waals surface area contributed by atoms with Crippen LogP contribution in [0.1, 0.15) is 10.5 Å². The van der Waals surface area contributed by atoms with E-state index in [4.69, 9.17) is 4.42 Å². The Balaban J connectivity index is 1.98. The first-order valence-corrected chi connectivity index (χ1v) is 8.40. The predicted molar refractivity (Wildman–Crippen MR) is 98.2 cm³/mol. The van der Waals surface area contributed by atoms with Crippen molar-refractivity contribution < 1.29 is 18.0 Å². The number of nitrogens with one attached hydrogen (secondary N) is 1. The van der Waals surface area contributed by atoms with Crippen LogP contribution in [0.25, 0.3) is 22.8 Å². The second-order valence-corrected chi connectivity index (χ2v) is 6.25. The smallest absolute Gasteiger partial charge is 0.273 e. The van der Waals surface area contributed by atoms with E-state index < -0.39 is 17.5 Å². The summed E-state index contributed by atoms with van der Waals surface area (Å²) in [4.78, 5) is 18.8. The summed E-state index contributed by atoms with van der Waals surface area (Å²) >= 11 is 0. The molecule has 0 unspecified atom stereocenters. The minimum Gasteiger partial charge on any atom is -0.435 e. The van der Waals surface area contributed by atoms with E-state index in [1.165, 1.54) is 6.07 Å². The van der Waals surface area contributed by atoms with Gasteiger partial charge in [-0.1, -0.05) is 30.3 Å². The fraction of sp³-hybridized carbons (Fsp3) is 0.200. The van der Waals surface area contributed by atoms with Gasteiger partial charge in [0, 0.05) is 24.2 Å². The van der Waals surface area contributed by atoms with Crippen molar-refractivity contribution in [2.24, 2.45) is 0 Å². The van der Waals surface area contributed by atoms with E-state index in [0.29, 0.717) is 18.7 Å². The SMILES string of the molecule is CN(C)CCNC(=O)c1nc(-c2ccc(F)c(F)c2)oc1-c1ccccc1. The first-order chi connectivity index (χ1) is 13.0. The molecule has 0 aliphatic heterocycles. The maximum absolute atomic E-state index is 13.6. The van der Waals surface area contributed by atoms with Gasteiger partial charge in [0.1, 0.15) is 0 Å².